The summed E-state index contributed by atoms with van der Waals surface area (Å²) in [5.74, 6) is 2.02. The molecule has 1 aromatic carbocycles. The lowest BCUT2D eigenvalue weighted by Gasteiger charge is -2.14. The number of thioether (sulfide) groups is 1. The van der Waals surface area contributed by atoms with E-state index in [0.717, 1.165) is 23.0 Å². The number of benzene rings is 1. The van der Waals surface area contributed by atoms with Crippen LogP contribution in [0.5, 0.6) is 0 Å². The summed E-state index contributed by atoms with van der Waals surface area (Å²) in [5.41, 5.74) is 0. The van der Waals surface area contributed by atoms with Crippen LogP contribution in [0.4, 0.5) is 0 Å². The quantitative estimate of drug-likeness (QED) is 0.814. The Hall–Kier alpha value is -0.900. The van der Waals surface area contributed by atoms with E-state index in [1.165, 1.54) is 4.90 Å². The average Bonchev–Trinajstić information content (AvgIpc) is 2.89. The molecule has 0 aliphatic heterocycles. The third-order valence-corrected chi connectivity index (χ3v) is 4.13. The third-order valence-electron chi connectivity index (χ3n) is 2.70. The number of hydrogen-bond donors (Lipinski definition) is 1. The molecule has 18 heavy (non-hydrogen) atoms. The van der Waals surface area contributed by atoms with E-state index in [-0.39, 0.29) is 0 Å². The zero-order chi connectivity index (χ0) is 12.8. The van der Waals surface area contributed by atoms with E-state index in [2.05, 4.69) is 5.32 Å². The van der Waals surface area contributed by atoms with Gasteiger partial charge in [0.15, 0.2) is 0 Å². The monoisotopic (exact) mass is 281 g/mol. The molecule has 4 heteroatoms. The van der Waals surface area contributed by atoms with Crippen molar-refractivity contribution in [1.82, 2.24) is 5.32 Å². The van der Waals surface area contributed by atoms with Crippen LogP contribution in [0.2, 0.25) is 5.02 Å². The molecular formula is C14H16ClNOS. The molecule has 0 aliphatic rings. The van der Waals surface area contributed by atoms with Crippen LogP contribution in [-0.2, 0) is 6.42 Å². The van der Waals surface area contributed by atoms with Crippen molar-refractivity contribution in [2.24, 2.45) is 0 Å². The molecule has 0 fully saturated rings. The fourth-order valence-electron chi connectivity index (χ4n) is 1.64. The van der Waals surface area contributed by atoms with Gasteiger partial charge in [-0.2, -0.15) is 0 Å². The minimum Gasteiger partial charge on any atom is -0.469 e. The van der Waals surface area contributed by atoms with Gasteiger partial charge in [-0.25, -0.2) is 0 Å². The van der Waals surface area contributed by atoms with E-state index < -0.39 is 0 Å². The number of hydrogen-bond acceptors (Lipinski definition) is 3. The highest BCUT2D eigenvalue weighted by atomic mass is 35.5. The van der Waals surface area contributed by atoms with Crippen LogP contribution < -0.4 is 5.32 Å². The molecule has 1 atom stereocenters. The molecule has 0 amide bonds. The topological polar surface area (TPSA) is 25.2 Å². The lowest BCUT2D eigenvalue weighted by molar-refractivity contribution is 0.474. The highest BCUT2D eigenvalue weighted by Gasteiger charge is 2.09. The minimum absolute atomic E-state index is 0.400. The second-order valence-electron chi connectivity index (χ2n) is 4.03. The van der Waals surface area contributed by atoms with Gasteiger partial charge in [0.2, 0.25) is 0 Å². The van der Waals surface area contributed by atoms with Crippen molar-refractivity contribution in [3.8, 4) is 0 Å². The summed E-state index contributed by atoms with van der Waals surface area (Å²) in [7, 11) is 1.98. The third kappa shape index (κ3) is 4.09. The van der Waals surface area contributed by atoms with E-state index in [9.17, 15) is 0 Å². The molecule has 0 spiro atoms. The fourth-order valence-corrected chi connectivity index (χ4v) is 2.78. The summed E-state index contributed by atoms with van der Waals surface area (Å²) in [4.78, 5) is 1.24. The van der Waals surface area contributed by atoms with Gasteiger partial charge in [-0.3, -0.25) is 0 Å². The first kappa shape index (κ1) is 13.5. The molecule has 0 aliphatic carbocycles. The van der Waals surface area contributed by atoms with Crippen LogP contribution in [0, 0.1) is 0 Å². The van der Waals surface area contributed by atoms with Crippen LogP contribution in [0.15, 0.2) is 52.0 Å². The van der Waals surface area contributed by atoms with Crippen molar-refractivity contribution in [3.63, 3.8) is 0 Å². The molecule has 1 aromatic heterocycles. The Kier molecular flexibility index (Phi) is 5.17. The second kappa shape index (κ2) is 6.88. The molecule has 1 heterocycles. The Morgan fingerprint density at radius 1 is 1.28 bits per heavy atom. The zero-order valence-electron chi connectivity index (χ0n) is 10.2. The zero-order valence-corrected chi connectivity index (χ0v) is 11.8. The van der Waals surface area contributed by atoms with Crippen molar-refractivity contribution in [3.05, 3.63) is 53.4 Å². The highest BCUT2D eigenvalue weighted by molar-refractivity contribution is 7.99. The minimum atomic E-state index is 0.400. The van der Waals surface area contributed by atoms with Crippen LogP contribution in [0.3, 0.4) is 0 Å². The Morgan fingerprint density at radius 3 is 2.67 bits per heavy atom. The summed E-state index contributed by atoms with van der Waals surface area (Å²) in [5, 5.41) is 4.09. The predicted molar refractivity (Wildman–Crippen MR) is 77.4 cm³/mol. The molecule has 96 valence electrons. The van der Waals surface area contributed by atoms with E-state index in [4.69, 9.17) is 16.0 Å². The van der Waals surface area contributed by atoms with E-state index >= 15 is 0 Å². The van der Waals surface area contributed by atoms with E-state index in [0.29, 0.717) is 6.04 Å². The number of rotatable bonds is 6. The lowest BCUT2D eigenvalue weighted by Crippen LogP contribution is -2.29. The van der Waals surface area contributed by atoms with Crippen LogP contribution in [-0.4, -0.2) is 18.8 Å². The highest BCUT2D eigenvalue weighted by Crippen LogP contribution is 2.21. The molecule has 1 unspecified atom stereocenters. The number of likely N-dealkylation sites (N-methyl/N-ethyl adjacent to an activating group) is 1. The predicted octanol–water partition coefficient (Wildman–Crippen LogP) is 3.86. The number of nitrogens with one attached hydrogen (secondary N) is 1. The molecular weight excluding hydrogens is 266 g/mol. The molecule has 0 saturated heterocycles. The summed E-state index contributed by atoms with van der Waals surface area (Å²) < 4.78 is 5.37. The molecule has 2 nitrogen and oxygen atoms in total. The Bertz CT molecular complexity index is 455. The van der Waals surface area contributed by atoms with Crippen molar-refractivity contribution in [2.75, 3.05) is 12.8 Å². The van der Waals surface area contributed by atoms with Crippen LogP contribution in [0.25, 0.3) is 0 Å². The Labute approximate surface area is 117 Å². The summed E-state index contributed by atoms with van der Waals surface area (Å²) >= 11 is 7.68. The maximum absolute atomic E-state index is 5.86. The average molecular weight is 282 g/mol. The van der Waals surface area contributed by atoms with Gasteiger partial charge in [0.1, 0.15) is 5.76 Å². The summed E-state index contributed by atoms with van der Waals surface area (Å²) in [6, 6.07) is 12.3. The van der Waals surface area contributed by atoms with Crippen molar-refractivity contribution in [1.29, 1.82) is 0 Å². The van der Waals surface area contributed by atoms with E-state index in [1.54, 1.807) is 6.26 Å². The van der Waals surface area contributed by atoms with Gasteiger partial charge in [0, 0.05) is 28.1 Å². The number of halogens is 1. The standard InChI is InChI=1S/C14H16ClNOS/c1-16-12(9-13-3-2-8-17-13)10-18-14-6-4-11(15)5-7-14/h2-8,12,16H,9-10H2,1H3. The van der Waals surface area contributed by atoms with Gasteiger partial charge in [0.05, 0.1) is 6.26 Å². The molecule has 2 rings (SSSR count). The SMILES string of the molecule is CNC(CSc1ccc(Cl)cc1)Cc1ccco1. The van der Waals surface area contributed by atoms with Gasteiger partial charge >= 0.3 is 0 Å². The molecule has 0 bridgehead atoms. The lowest BCUT2D eigenvalue weighted by atomic mass is 10.2. The van der Waals surface area contributed by atoms with Gasteiger partial charge in [0.25, 0.3) is 0 Å². The first-order valence-corrected chi connectivity index (χ1v) is 7.22. The Morgan fingerprint density at radius 2 is 2.06 bits per heavy atom. The second-order valence-corrected chi connectivity index (χ2v) is 5.56. The Balaban J connectivity index is 1.85. The van der Waals surface area contributed by atoms with Crippen LogP contribution in [0.1, 0.15) is 5.76 Å². The first-order chi connectivity index (χ1) is 8.78. The normalized spacial score (nSPS) is 12.6. The molecule has 1 N–H and O–H groups in total. The molecule has 0 radical (unpaired) electrons. The van der Waals surface area contributed by atoms with Gasteiger partial charge in [-0.15, -0.1) is 11.8 Å². The summed E-state index contributed by atoms with van der Waals surface area (Å²) in [6.45, 7) is 0. The molecule has 0 saturated carbocycles. The van der Waals surface area contributed by atoms with Gasteiger partial charge < -0.3 is 9.73 Å². The fraction of sp³-hybridized carbons (Fsp3) is 0.286. The largest absolute Gasteiger partial charge is 0.469 e. The van der Waals surface area contributed by atoms with Crippen molar-refractivity contribution < 1.29 is 4.42 Å². The molecule has 2 aromatic rings. The smallest absolute Gasteiger partial charge is 0.105 e. The first-order valence-electron chi connectivity index (χ1n) is 5.86. The van der Waals surface area contributed by atoms with Gasteiger partial charge in [-0.1, -0.05) is 11.6 Å². The number of furan rings is 1. The van der Waals surface area contributed by atoms with Gasteiger partial charge in [-0.05, 0) is 43.4 Å². The van der Waals surface area contributed by atoms with Crippen molar-refractivity contribution in [2.45, 2.75) is 17.4 Å². The van der Waals surface area contributed by atoms with Crippen LogP contribution >= 0.6 is 23.4 Å². The summed E-state index contributed by atoms with van der Waals surface area (Å²) in [6.07, 6.45) is 2.62. The maximum atomic E-state index is 5.86. The maximum Gasteiger partial charge on any atom is 0.105 e. The van der Waals surface area contributed by atoms with Crippen molar-refractivity contribution >= 4 is 23.4 Å². The van der Waals surface area contributed by atoms with E-state index in [1.807, 2.05) is 55.2 Å².